The summed E-state index contributed by atoms with van der Waals surface area (Å²) in [5, 5.41) is 7.06. The molecule has 0 saturated heterocycles. The van der Waals surface area contributed by atoms with Crippen LogP contribution in [-0.4, -0.2) is 27.6 Å². The lowest BCUT2D eigenvalue weighted by atomic mass is 9.94. The molecule has 0 saturated carbocycles. The van der Waals surface area contributed by atoms with Crippen LogP contribution >= 0.6 is 0 Å². The van der Waals surface area contributed by atoms with Crippen molar-refractivity contribution in [1.29, 1.82) is 0 Å². The lowest BCUT2D eigenvalue weighted by Crippen LogP contribution is -2.45. The van der Waals surface area contributed by atoms with Gasteiger partial charge >= 0.3 is 6.03 Å². The summed E-state index contributed by atoms with van der Waals surface area (Å²) in [6.45, 7) is 6.19. The Morgan fingerprint density at radius 2 is 1.97 bits per heavy atom. The number of hydrogen-bond donors (Lipinski definition) is 1. The molecule has 148 valence electrons. The molecule has 3 aromatic rings. The third kappa shape index (κ3) is 3.51. The minimum Gasteiger partial charge on any atom is -0.334 e. The maximum Gasteiger partial charge on any atom is 0.322 e. The molecule has 0 bridgehead atoms. The average Bonchev–Trinajstić information content (AvgIpc) is 3.17. The summed E-state index contributed by atoms with van der Waals surface area (Å²) in [5.74, 6) is 0.381. The normalized spacial score (nSPS) is 16.9. The van der Waals surface area contributed by atoms with Crippen molar-refractivity contribution in [3.05, 3.63) is 77.1 Å². The van der Waals surface area contributed by atoms with Gasteiger partial charge < -0.3 is 9.84 Å². The fourth-order valence-corrected chi connectivity index (χ4v) is 3.61. The summed E-state index contributed by atoms with van der Waals surface area (Å²) in [6, 6.07) is 13.1. The first-order valence-electron chi connectivity index (χ1n) is 9.43. The van der Waals surface area contributed by atoms with E-state index in [0.29, 0.717) is 35.1 Å². The molecule has 29 heavy (non-hydrogen) atoms. The summed E-state index contributed by atoms with van der Waals surface area (Å²) < 4.78 is 19.4. The van der Waals surface area contributed by atoms with Crippen LogP contribution in [0.2, 0.25) is 0 Å². The first-order chi connectivity index (χ1) is 14.0. The largest absolute Gasteiger partial charge is 0.334 e. The van der Waals surface area contributed by atoms with Crippen LogP contribution in [0, 0.1) is 12.7 Å². The van der Waals surface area contributed by atoms with E-state index in [2.05, 4.69) is 15.5 Å². The molecule has 2 heterocycles. The van der Waals surface area contributed by atoms with E-state index in [9.17, 15) is 9.18 Å². The Hall–Kier alpha value is -3.48. The molecule has 1 aromatic heterocycles. The molecule has 2 aromatic carbocycles. The number of benzene rings is 2. The SMILES string of the molecule is CCN1C(=O)NC(c2cccc(F)c2)C(c2nc(-c3cccc(C)c3)no2)=C1C. The number of amides is 2. The molecular weight excluding hydrogens is 371 g/mol. The number of allylic oxidation sites excluding steroid dienone is 1. The second kappa shape index (κ2) is 7.50. The Balaban J connectivity index is 1.83. The van der Waals surface area contributed by atoms with Gasteiger partial charge in [0.15, 0.2) is 0 Å². The van der Waals surface area contributed by atoms with Gasteiger partial charge in [0.2, 0.25) is 5.82 Å². The number of rotatable bonds is 4. The molecular formula is C22H21FN4O2. The predicted molar refractivity (Wildman–Crippen MR) is 107 cm³/mol. The number of nitrogens with zero attached hydrogens (tertiary/aromatic N) is 3. The smallest absolute Gasteiger partial charge is 0.322 e. The van der Waals surface area contributed by atoms with Gasteiger partial charge in [-0.15, -0.1) is 0 Å². The Bertz CT molecular complexity index is 1110. The molecule has 0 spiro atoms. The molecule has 1 unspecified atom stereocenters. The van der Waals surface area contributed by atoms with E-state index in [0.717, 1.165) is 11.1 Å². The van der Waals surface area contributed by atoms with Gasteiger partial charge in [-0.3, -0.25) is 4.90 Å². The lowest BCUT2D eigenvalue weighted by molar-refractivity contribution is 0.207. The number of carbonyl (C=O) groups excluding carboxylic acids is 1. The number of halogens is 1. The molecule has 2 amide bonds. The molecule has 4 rings (SSSR count). The van der Waals surface area contributed by atoms with E-state index < -0.39 is 6.04 Å². The van der Waals surface area contributed by atoms with Gasteiger partial charge in [0.05, 0.1) is 11.6 Å². The van der Waals surface area contributed by atoms with Crippen molar-refractivity contribution in [2.24, 2.45) is 0 Å². The zero-order chi connectivity index (χ0) is 20.5. The minimum absolute atomic E-state index is 0.249. The molecule has 0 fully saturated rings. The van der Waals surface area contributed by atoms with Crippen molar-refractivity contribution < 1.29 is 13.7 Å². The van der Waals surface area contributed by atoms with Crippen molar-refractivity contribution in [3.63, 3.8) is 0 Å². The van der Waals surface area contributed by atoms with Gasteiger partial charge in [-0.1, -0.05) is 41.1 Å². The number of hydrogen-bond acceptors (Lipinski definition) is 4. The third-order valence-corrected chi connectivity index (χ3v) is 5.03. The van der Waals surface area contributed by atoms with Crippen LogP contribution in [0.1, 0.15) is 36.9 Å². The van der Waals surface area contributed by atoms with E-state index in [-0.39, 0.29) is 11.8 Å². The van der Waals surface area contributed by atoms with Crippen LogP contribution in [0.15, 0.2) is 58.8 Å². The van der Waals surface area contributed by atoms with E-state index in [1.807, 2.05) is 45.0 Å². The molecule has 1 N–H and O–H groups in total. The first kappa shape index (κ1) is 18.9. The van der Waals surface area contributed by atoms with E-state index in [1.165, 1.54) is 12.1 Å². The Labute approximate surface area is 168 Å². The van der Waals surface area contributed by atoms with Crippen LogP contribution in [0.3, 0.4) is 0 Å². The van der Waals surface area contributed by atoms with Gasteiger partial charge in [0.25, 0.3) is 5.89 Å². The molecule has 7 heteroatoms. The highest BCUT2D eigenvalue weighted by Gasteiger charge is 2.35. The highest BCUT2D eigenvalue weighted by atomic mass is 19.1. The third-order valence-electron chi connectivity index (χ3n) is 5.03. The maximum atomic E-state index is 13.9. The van der Waals surface area contributed by atoms with Crippen LogP contribution in [-0.2, 0) is 0 Å². The number of aromatic nitrogens is 2. The van der Waals surface area contributed by atoms with Crippen molar-refractivity contribution in [2.45, 2.75) is 26.8 Å². The van der Waals surface area contributed by atoms with Crippen LogP contribution in [0.25, 0.3) is 17.0 Å². The van der Waals surface area contributed by atoms with Gasteiger partial charge in [0.1, 0.15) is 5.82 Å². The predicted octanol–water partition coefficient (Wildman–Crippen LogP) is 4.70. The molecule has 1 aliphatic heterocycles. The monoisotopic (exact) mass is 392 g/mol. The Kier molecular flexibility index (Phi) is 4.88. The van der Waals surface area contributed by atoms with Gasteiger partial charge in [-0.25, -0.2) is 9.18 Å². The van der Waals surface area contributed by atoms with Crippen LogP contribution in [0.4, 0.5) is 9.18 Å². The lowest BCUT2D eigenvalue weighted by Gasteiger charge is -2.34. The number of aryl methyl sites for hydroxylation is 1. The second-order valence-corrected chi connectivity index (χ2v) is 6.97. The minimum atomic E-state index is -0.591. The summed E-state index contributed by atoms with van der Waals surface area (Å²) >= 11 is 0. The zero-order valence-electron chi connectivity index (χ0n) is 16.4. The average molecular weight is 392 g/mol. The first-order valence-corrected chi connectivity index (χ1v) is 9.43. The highest BCUT2D eigenvalue weighted by Crippen LogP contribution is 2.37. The highest BCUT2D eigenvalue weighted by molar-refractivity contribution is 5.86. The molecule has 1 aliphatic rings. The van der Waals surface area contributed by atoms with E-state index in [1.54, 1.807) is 17.0 Å². The zero-order valence-corrected chi connectivity index (χ0v) is 16.4. The topological polar surface area (TPSA) is 71.3 Å². The van der Waals surface area contributed by atoms with Crippen molar-refractivity contribution >= 4 is 11.6 Å². The van der Waals surface area contributed by atoms with Gasteiger partial charge in [-0.2, -0.15) is 4.98 Å². The standard InChI is InChI=1S/C22H21FN4O2/c1-4-27-14(3)18(19(24-22(27)28)15-8-6-10-17(23)12-15)21-25-20(26-29-21)16-9-5-7-13(2)11-16/h5-12,19H,4H2,1-3H3,(H,24,28). The molecule has 6 nitrogen and oxygen atoms in total. The van der Waals surface area contributed by atoms with Crippen molar-refractivity contribution in [1.82, 2.24) is 20.4 Å². The Morgan fingerprint density at radius 1 is 1.17 bits per heavy atom. The van der Waals surface area contributed by atoms with Crippen LogP contribution in [0.5, 0.6) is 0 Å². The number of carbonyl (C=O) groups is 1. The molecule has 0 aliphatic carbocycles. The molecule has 0 radical (unpaired) electrons. The summed E-state index contributed by atoms with van der Waals surface area (Å²) in [5.41, 5.74) is 3.89. The van der Waals surface area contributed by atoms with Crippen LogP contribution < -0.4 is 5.32 Å². The maximum absolute atomic E-state index is 13.9. The van der Waals surface area contributed by atoms with Gasteiger partial charge in [0, 0.05) is 17.8 Å². The number of nitrogens with one attached hydrogen (secondary N) is 1. The van der Waals surface area contributed by atoms with Crippen molar-refractivity contribution in [3.8, 4) is 11.4 Å². The quantitative estimate of drug-likeness (QED) is 0.699. The summed E-state index contributed by atoms with van der Waals surface area (Å²) in [7, 11) is 0. The fraction of sp³-hybridized carbons (Fsp3) is 0.227. The van der Waals surface area contributed by atoms with E-state index in [4.69, 9.17) is 4.52 Å². The Morgan fingerprint density at radius 3 is 2.69 bits per heavy atom. The summed E-state index contributed by atoms with van der Waals surface area (Å²) in [4.78, 5) is 18.7. The van der Waals surface area contributed by atoms with Crippen molar-refractivity contribution in [2.75, 3.05) is 6.54 Å². The van der Waals surface area contributed by atoms with Gasteiger partial charge in [-0.05, 0) is 44.5 Å². The van der Waals surface area contributed by atoms with E-state index >= 15 is 0 Å². The second-order valence-electron chi connectivity index (χ2n) is 6.97. The summed E-state index contributed by atoms with van der Waals surface area (Å²) in [6.07, 6.45) is 0. The fourth-order valence-electron chi connectivity index (χ4n) is 3.61. The number of urea groups is 1. The molecule has 1 atom stereocenters.